The average molecular weight is 327 g/mol. The lowest BCUT2D eigenvalue weighted by molar-refractivity contribution is -0.127. The molecule has 7 nitrogen and oxygen atoms in total. The maximum atomic E-state index is 12.2. The maximum absolute atomic E-state index is 12.2. The van der Waals surface area contributed by atoms with Gasteiger partial charge in [-0.25, -0.2) is 4.79 Å². The highest BCUT2D eigenvalue weighted by atomic mass is 16.7. The van der Waals surface area contributed by atoms with Crippen molar-refractivity contribution in [3.63, 3.8) is 0 Å². The van der Waals surface area contributed by atoms with E-state index in [4.69, 9.17) is 9.47 Å². The van der Waals surface area contributed by atoms with Gasteiger partial charge in [-0.3, -0.25) is 15.0 Å². The number of rotatable bonds is 5. The fraction of sp³-hybridized carbons (Fsp3) is 0.875. The van der Waals surface area contributed by atoms with Crippen LogP contribution >= 0.6 is 0 Å². The molecule has 2 saturated heterocycles. The smallest absolute Gasteiger partial charge is 0.321 e. The van der Waals surface area contributed by atoms with Crippen LogP contribution in [0.3, 0.4) is 0 Å². The Bertz CT molecular complexity index is 402. The van der Waals surface area contributed by atoms with E-state index in [1.165, 1.54) is 0 Å². The number of urea groups is 1. The molecule has 1 atom stereocenters. The molecule has 0 aromatic rings. The predicted octanol–water partition coefficient (Wildman–Crippen LogP) is 0.942. The fourth-order valence-corrected chi connectivity index (χ4v) is 2.95. The van der Waals surface area contributed by atoms with Crippen LogP contribution in [-0.2, 0) is 14.3 Å². The molecule has 0 aliphatic carbocycles. The molecule has 1 unspecified atom stereocenters. The number of nitrogens with zero attached hydrogens (tertiary/aromatic N) is 1. The molecule has 0 aromatic carbocycles. The number of ether oxygens (including phenoxy) is 2. The SMILES string of the molecule is CC(C)CNC(=O)NC(=O)C(C)N1CCC(C2OCCO2)CC1. The predicted molar refractivity (Wildman–Crippen MR) is 85.8 cm³/mol. The van der Waals surface area contributed by atoms with Gasteiger partial charge in [0.1, 0.15) is 0 Å². The molecule has 0 spiro atoms. The van der Waals surface area contributed by atoms with Gasteiger partial charge in [0.2, 0.25) is 5.91 Å². The van der Waals surface area contributed by atoms with Crippen LogP contribution in [0.2, 0.25) is 0 Å². The molecule has 2 aliphatic heterocycles. The van der Waals surface area contributed by atoms with Gasteiger partial charge >= 0.3 is 6.03 Å². The van der Waals surface area contributed by atoms with Gasteiger partial charge in [-0.15, -0.1) is 0 Å². The minimum atomic E-state index is -0.418. The van der Waals surface area contributed by atoms with Crippen molar-refractivity contribution in [3.05, 3.63) is 0 Å². The van der Waals surface area contributed by atoms with E-state index in [1.807, 2.05) is 20.8 Å². The molecule has 23 heavy (non-hydrogen) atoms. The van der Waals surface area contributed by atoms with E-state index in [9.17, 15) is 9.59 Å². The summed E-state index contributed by atoms with van der Waals surface area (Å²) < 4.78 is 11.1. The lowest BCUT2D eigenvalue weighted by atomic mass is 9.95. The number of imide groups is 1. The van der Waals surface area contributed by atoms with E-state index in [1.54, 1.807) is 0 Å². The molecule has 0 bridgehead atoms. The summed E-state index contributed by atoms with van der Waals surface area (Å²) in [5, 5.41) is 5.11. The zero-order valence-corrected chi connectivity index (χ0v) is 14.3. The van der Waals surface area contributed by atoms with Crippen molar-refractivity contribution >= 4 is 11.9 Å². The van der Waals surface area contributed by atoms with Crippen LogP contribution in [0.1, 0.15) is 33.6 Å². The zero-order valence-electron chi connectivity index (χ0n) is 14.3. The van der Waals surface area contributed by atoms with E-state index in [2.05, 4.69) is 15.5 Å². The molecule has 2 aliphatic rings. The molecule has 3 amide bonds. The van der Waals surface area contributed by atoms with Crippen LogP contribution < -0.4 is 10.6 Å². The van der Waals surface area contributed by atoms with Gasteiger partial charge in [-0.2, -0.15) is 0 Å². The second kappa shape index (κ2) is 8.61. The highest BCUT2D eigenvalue weighted by Crippen LogP contribution is 2.26. The lowest BCUT2D eigenvalue weighted by Gasteiger charge is -2.36. The normalized spacial score (nSPS) is 22.3. The standard InChI is InChI=1S/C16H29N3O4/c1-11(2)10-17-16(21)18-14(20)12(3)19-6-4-13(5-7-19)15-22-8-9-23-15/h11-13,15H,4-10H2,1-3H3,(H2,17,18,20,21). The first-order valence-corrected chi connectivity index (χ1v) is 8.53. The molecular formula is C16H29N3O4. The topological polar surface area (TPSA) is 79.9 Å². The average Bonchev–Trinajstić information content (AvgIpc) is 3.06. The third-order valence-electron chi connectivity index (χ3n) is 4.44. The first-order chi connectivity index (χ1) is 11.0. The largest absolute Gasteiger partial charge is 0.350 e. The highest BCUT2D eigenvalue weighted by molar-refractivity contribution is 5.96. The van der Waals surface area contributed by atoms with E-state index in [-0.39, 0.29) is 18.2 Å². The van der Waals surface area contributed by atoms with Gasteiger partial charge in [-0.05, 0) is 38.8 Å². The van der Waals surface area contributed by atoms with Crippen molar-refractivity contribution in [1.29, 1.82) is 0 Å². The van der Waals surface area contributed by atoms with Crippen molar-refractivity contribution in [1.82, 2.24) is 15.5 Å². The van der Waals surface area contributed by atoms with Gasteiger partial charge in [0, 0.05) is 12.5 Å². The molecule has 2 fully saturated rings. The van der Waals surface area contributed by atoms with Crippen molar-refractivity contribution < 1.29 is 19.1 Å². The number of hydrogen-bond donors (Lipinski definition) is 2. The zero-order chi connectivity index (χ0) is 16.8. The minimum Gasteiger partial charge on any atom is -0.350 e. The Kier molecular flexibility index (Phi) is 6.80. The van der Waals surface area contributed by atoms with Crippen molar-refractivity contribution in [3.8, 4) is 0 Å². The Morgan fingerprint density at radius 3 is 2.30 bits per heavy atom. The summed E-state index contributed by atoms with van der Waals surface area (Å²) in [6.45, 7) is 9.39. The molecule has 2 heterocycles. The van der Waals surface area contributed by atoms with Gasteiger partial charge in [0.05, 0.1) is 19.3 Å². The molecule has 2 N–H and O–H groups in total. The Morgan fingerprint density at radius 2 is 1.74 bits per heavy atom. The first kappa shape index (κ1) is 18.2. The number of hydrogen-bond acceptors (Lipinski definition) is 5. The van der Waals surface area contributed by atoms with Crippen molar-refractivity contribution in [2.24, 2.45) is 11.8 Å². The summed E-state index contributed by atoms with van der Waals surface area (Å²) in [5.74, 6) is 0.503. The molecule has 0 radical (unpaired) electrons. The third-order valence-corrected chi connectivity index (χ3v) is 4.44. The fourth-order valence-electron chi connectivity index (χ4n) is 2.95. The van der Waals surface area contributed by atoms with Crippen LogP contribution in [0.5, 0.6) is 0 Å². The van der Waals surface area contributed by atoms with Gasteiger partial charge in [0.25, 0.3) is 0 Å². The van der Waals surface area contributed by atoms with Crippen LogP contribution in [0, 0.1) is 11.8 Å². The number of likely N-dealkylation sites (tertiary alicyclic amines) is 1. The number of carbonyl (C=O) groups is 2. The second-order valence-electron chi connectivity index (χ2n) is 6.75. The van der Waals surface area contributed by atoms with Crippen LogP contribution in [-0.4, -0.2) is 62.0 Å². The van der Waals surface area contributed by atoms with E-state index in [0.717, 1.165) is 25.9 Å². The molecular weight excluding hydrogens is 298 g/mol. The van der Waals surface area contributed by atoms with Crippen LogP contribution in [0.15, 0.2) is 0 Å². The van der Waals surface area contributed by atoms with E-state index in [0.29, 0.717) is 31.6 Å². The lowest BCUT2D eigenvalue weighted by Crippen LogP contribution is -2.52. The number of amides is 3. The van der Waals surface area contributed by atoms with Gasteiger partial charge < -0.3 is 14.8 Å². The summed E-state index contributed by atoms with van der Waals surface area (Å²) in [7, 11) is 0. The maximum Gasteiger partial charge on any atom is 0.321 e. The van der Waals surface area contributed by atoms with Crippen molar-refractivity contribution in [2.45, 2.75) is 45.9 Å². The summed E-state index contributed by atoms with van der Waals surface area (Å²) in [6, 6.07) is -0.732. The van der Waals surface area contributed by atoms with Gasteiger partial charge in [-0.1, -0.05) is 13.8 Å². The van der Waals surface area contributed by atoms with Crippen molar-refractivity contribution in [2.75, 3.05) is 32.8 Å². The minimum absolute atomic E-state index is 0.0805. The highest BCUT2D eigenvalue weighted by Gasteiger charge is 2.33. The monoisotopic (exact) mass is 327 g/mol. The number of nitrogens with one attached hydrogen (secondary N) is 2. The second-order valence-corrected chi connectivity index (χ2v) is 6.75. The Morgan fingerprint density at radius 1 is 1.13 bits per heavy atom. The Hall–Kier alpha value is -1.18. The van der Waals surface area contributed by atoms with Gasteiger partial charge in [0.15, 0.2) is 6.29 Å². The molecule has 2 rings (SSSR count). The molecule has 132 valence electrons. The number of carbonyl (C=O) groups excluding carboxylic acids is 2. The first-order valence-electron chi connectivity index (χ1n) is 8.53. The quantitative estimate of drug-likeness (QED) is 0.786. The van der Waals surface area contributed by atoms with E-state index < -0.39 is 6.03 Å². The Balaban J connectivity index is 1.71. The summed E-state index contributed by atoms with van der Waals surface area (Å²) in [6.07, 6.45) is 1.81. The number of piperidine rings is 1. The Labute approximate surface area is 138 Å². The molecule has 0 saturated carbocycles. The van der Waals surface area contributed by atoms with E-state index >= 15 is 0 Å². The summed E-state index contributed by atoms with van der Waals surface area (Å²) in [4.78, 5) is 26.0. The molecule has 0 aromatic heterocycles. The third kappa shape index (κ3) is 5.44. The summed E-state index contributed by atoms with van der Waals surface area (Å²) >= 11 is 0. The van der Waals surface area contributed by atoms with Crippen LogP contribution in [0.4, 0.5) is 4.79 Å². The van der Waals surface area contributed by atoms with Crippen LogP contribution in [0.25, 0.3) is 0 Å². The summed E-state index contributed by atoms with van der Waals surface area (Å²) in [5.41, 5.74) is 0. The molecule has 7 heteroatoms.